The maximum atomic E-state index is 12.3. The maximum absolute atomic E-state index is 12.3. The second-order valence-electron chi connectivity index (χ2n) is 7.74. The predicted octanol–water partition coefficient (Wildman–Crippen LogP) is 3.18. The van der Waals surface area contributed by atoms with Crippen molar-refractivity contribution >= 4 is 23.4 Å². The van der Waals surface area contributed by atoms with Gasteiger partial charge in [0.15, 0.2) is 5.82 Å². The molecule has 0 unspecified atom stereocenters. The lowest BCUT2D eigenvalue weighted by atomic mass is 9.93. The Labute approximate surface area is 180 Å². The van der Waals surface area contributed by atoms with Crippen LogP contribution in [-0.2, 0) is 5.41 Å². The zero-order valence-corrected chi connectivity index (χ0v) is 17.7. The molecule has 5 N–H and O–H groups in total. The molecule has 0 saturated heterocycles. The summed E-state index contributed by atoms with van der Waals surface area (Å²) in [5.74, 6) is 7.77. The minimum absolute atomic E-state index is 0.195. The first-order valence-corrected chi connectivity index (χ1v) is 9.76. The lowest BCUT2D eigenvalue weighted by Crippen LogP contribution is -2.19. The monoisotopic (exact) mass is 419 g/mol. The Kier molecular flexibility index (Phi) is 6.85. The highest BCUT2D eigenvalue weighted by molar-refractivity contribution is 5.99. The topological polar surface area (TPSA) is 131 Å². The lowest BCUT2D eigenvalue weighted by molar-refractivity contribution is 0.262. The molecule has 31 heavy (non-hydrogen) atoms. The fraction of sp³-hybridized carbons (Fsp3) is 0.273. The van der Waals surface area contributed by atoms with E-state index in [1.807, 2.05) is 32.9 Å². The number of nitrogens with zero attached hydrogens (tertiary/aromatic N) is 3. The summed E-state index contributed by atoms with van der Waals surface area (Å²) in [7, 11) is 0. The number of rotatable bonds is 5. The quantitative estimate of drug-likeness (QED) is 0.467. The number of carbonyl (C=O) groups excluding carboxylic acids is 1. The molecule has 3 rings (SSSR count). The first kappa shape index (κ1) is 21.8. The van der Waals surface area contributed by atoms with Gasteiger partial charge < -0.3 is 20.9 Å². The molecule has 0 aliphatic carbocycles. The van der Waals surface area contributed by atoms with E-state index in [0.29, 0.717) is 41.7 Å². The van der Waals surface area contributed by atoms with Gasteiger partial charge in [0, 0.05) is 42.0 Å². The third-order valence-corrected chi connectivity index (χ3v) is 4.10. The standard InChI is InChI=1S/C22H25N7O2/c1-22(2,3)18-12-19(29-31-18)28-21(30)27-17-6-4-5-15(11-17)7-8-16-13-24-14-26-20(16)25-10-9-23/h4-6,11-14H,9-10,23H2,1-3H3,(H,24,25,26)(H2,27,28,29,30). The number of nitrogens with one attached hydrogen (secondary N) is 3. The van der Waals surface area contributed by atoms with Gasteiger partial charge in [0.1, 0.15) is 17.9 Å². The van der Waals surface area contributed by atoms with Crippen LogP contribution in [-0.4, -0.2) is 34.2 Å². The molecule has 3 aromatic rings. The summed E-state index contributed by atoms with van der Waals surface area (Å²) in [6.45, 7) is 7.08. The smallest absolute Gasteiger partial charge is 0.324 e. The van der Waals surface area contributed by atoms with Gasteiger partial charge in [0.05, 0.1) is 5.56 Å². The highest BCUT2D eigenvalue weighted by Gasteiger charge is 2.20. The molecule has 2 heterocycles. The Morgan fingerprint density at radius 2 is 2.03 bits per heavy atom. The summed E-state index contributed by atoms with van der Waals surface area (Å²) in [6, 6.07) is 8.48. The second-order valence-corrected chi connectivity index (χ2v) is 7.74. The minimum Gasteiger partial charge on any atom is -0.368 e. The van der Waals surface area contributed by atoms with Crippen molar-refractivity contribution < 1.29 is 9.32 Å². The van der Waals surface area contributed by atoms with Gasteiger partial charge in [0.2, 0.25) is 0 Å². The second kappa shape index (κ2) is 9.73. The fourth-order valence-corrected chi connectivity index (χ4v) is 2.53. The van der Waals surface area contributed by atoms with Crippen LogP contribution in [0.5, 0.6) is 0 Å². The van der Waals surface area contributed by atoms with E-state index in [-0.39, 0.29) is 5.41 Å². The molecule has 0 fully saturated rings. The number of anilines is 3. The van der Waals surface area contributed by atoms with Gasteiger partial charge in [-0.2, -0.15) is 0 Å². The van der Waals surface area contributed by atoms with E-state index in [4.69, 9.17) is 10.3 Å². The number of carbonyl (C=O) groups is 1. The average molecular weight is 419 g/mol. The Hall–Kier alpha value is -3.90. The average Bonchev–Trinajstić information content (AvgIpc) is 3.20. The molecule has 2 aromatic heterocycles. The number of aromatic nitrogens is 3. The van der Waals surface area contributed by atoms with Crippen LogP contribution in [0.2, 0.25) is 0 Å². The number of nitrogens with two attached hydrogens (primary N) is 1. The molecule has 0 bridgehead atoms. The molecular weight excluding hydrogens is 394 g/mol. The van der Waals surface area contributed by atoms with Gasteiger partial charge in [0.25, 0.3) is 0 Å². The van der Waals surface area contributed by atoms with Crippen LogP contribution in [0.4, 0.5) is 22.1 Å². The van der Waals surface area contributed by atoms with Gasteiger partial charge in [-0.3, -0.25) is 5.32 Å². The SMILES string of the molecule is CC(C)(C)c1cc(NC(=O)Nc2cccc(C#Cc3cncnc3NCCN)c2)no1. The van der Waals surface area contributed by atoms with E-state index in [0.717, 1.165) is 5.56 Å². The van der Waals surface area contributed by atoms with Crippen LogP contribution in [0.25, 0.3) is 0 Å². The Balaban J connectivity index is 1.67. The zero-order valence-electron chi connectivity index (χ0n) is 17.7. The molecule has 0 aliphatic rings. The van der Waals surface area contributed by atoms with Crippen molar-refractivity contribution in [3.05, 3.63) is 59.7 Å². The van der Waals surface area contributed by atoms with Crippen LogP contribution < -0.4 is 21.7 Å². The van der Waals surface area contributed by atoms with E-state index < -0.39 is 6.03 Å². The molecule has 0 saturated carbocycles. The van der Waals surface area contributed by atoms with E-state index in [9.17, 15) is 4.79 Å². The number of hydrogen-bond donors (Lipinski definition) is 4. The first-order valence-electron chi connectivity index (χ1n) is 9.76. The summed E-state index contributed by atoms with van der Waals surface area (Å²) in [4.78, 5) is 20.5. The van der Waals surface area contributed by atoms with Crippen molar-refractivity contribution in [1.82, 2.24) is 15.1 Å². The van der Waals surface area contributed by atoms with Crippen molar-refractivity contribution in [1.29, 1.82) is 0 Å². The van der Waals surface area contributed by atoms with Gasteiger partial charge in [-0.25, -0.2) is 14.8 Å². The molecule has 9 nitrogen and oxygen atoms in total. The van der Waals surface area contributed by atoms with Gasteiger partial charge in [-0.05, 0) is 18.2 Å². The molecule has 160 valence electrons. The Morgan fingerprint density at radius 3 is 2.77 bits per heavy atom. The van der Waals surface area contributed by atoms with Crippen LogP contribution >= 0.6 is 0 Å². The van der Waals surface area contributed by atoms with Crippen LogP contribution in [0.15, 0.2) is 47.4 Å². The lowest BCUT2D eigenvalue weighted by Gasteiger charge is -2.12. The zero-order chi connectivity index (χ0) is 22.3. The highest BCUT2D eigenvalue weighted by Crippen LogP contribution is 2.24. The number of hydrogen-bond acceptors (Lipinski definition) is 7. The fourth-order valence-electron chi connectivity index (χ4n) is 2.53. The molecular formula is C22H25N7O2. The molecule has 0 spiro atoms. The molecule has 2 amide bonds. The summed E-state index contributed by atoms with van der Waals surface area (Å²) in [6.07, 6.45) is 3.09. The maximum Gasteiger partial charge on any atom is 0.324 e. The van der Waals surface area contributed by atoms with Crippen molar-refractivity contribution in [3.63, 3.8) is 0 Å². The van der Waals surface area contributed by atoms with Crippen molar-refractivity contribution in [2.45, 2.75) is 26.2 Å². The van der Waals surface area contributed by atoms with Crippen molar-refractivity contribution in [3.8, 4) is 11.8 Å². The van der Waals surface area contributed by atoms with E-state index in [1.165, 1.54) is 6.33 Å². The van der Waals surface area contributed by atoms with E-state index >= 15 is 0 Å². The largest absolute Gasteiger partial charge is 0.368 e. The molecule has 0 aliphatic heterocycles. The summed E-state index contributed by atoms with van der Waals surface area (Å²) in [5.41, 5.74) is 7.31. The van der Waals surface area contributed by atoms with Gasteiger partial charge in [-0.15, -0.1) is 0 Å². The molecule has 0 atom stereocenters. The molecule has 1 aromatic carbocycles. The number of amides is 2. The molecule has 9 heteroatoms. The normalized spacial score (nSPS) is 10.7. The highest BCUT2D eigenvalue weighted by atomic mass is 16.5. The van der Waals surface area contributed by atoms with Gasteiger partial charge >= 0.3 is 6.03 Å². The number of benzene rings is 1. The van der Waals surface area contributed by atoms with E-state index in [2.05, 4.69) is 42.9 Å². The van der Waals surface area contributed by atoms with Crippen LogP contribution in [0, 0.1) is 11.8 Å². The Morgan fingerprint density at radius 1 is 1.19 bits per heavy atom. The van der Waals surface area contributed by atoms with E-state index in [1.54, 1.807) is 24.4 Å². The molecule has 0 radical (unpaired) electrons. The third kappa shape index (κ3) is 6.29. The Bertz CT molecular complexity index is 1110. The van der Waals surface area contributed by atoms with Crippen LogP contribution in [0.1, 0.15) is 37.7 Å². The van der Waals surface area contributed by atoms with Crippen molar-refractivity contribution in [2.24, 2.45) is 5.73 Å². The van der Waals surface area contributed by atoms with Crippen LogP contribution in [0.3, 0.4) is 0 Å². The predicted molar refractivity (Wildman–Crippen MR) is 120 cm³/mol. The van der Waals surface area contributed by atoms with Gasteiger partial charge in [-0.1, -0.05) is 43.8 Å². The number of urea groups is 1. The summed E-state index contributed by atoms with van der Waals surface area (Å²) in [5, 5.41) is 12.4. The summed E-state index contributed by atoms with van der Waals surface area (Å²) < 4.78 is 5.27. The van der Waals surface area contributed by atoms with Crippen molar-refractivity contribution in [2.75, 3.05) is 29.0 Å². The third-order valence-electron chi connectivity index (χ3n) is 4.10. The first-order chi connectivity index (χ1) is 14.8. The summed E-state index contributed by atoms with van der Waals surface area (Å²) >= 11 is 0. The minimum atomic E-state index is -0.427.